The molecule has 1 unspecified atom stereocenters. The van der Waals surface area contributed by atoms with Crippen LogP contribution < -0.4 is 0 Å². The average Bonchev–Trinajstić information content (AvgIpc) is 2.66. The predicted octanol–water partition coefficient (Wildman–Crippen LogP) is 0.852. The van der Waals surface area contributed by atoms with Crippen LogP contribution in [0.2, 0.25) is 0 Å². The summed E-state index contributed by atoms with van der Waals surface area (Å²) in [6, 6.07) is 0.139. The third-order valence-corrected chi connectivity index (χ3v) is 3.32. The van der Waals surface area contributed by atoms with Crippen LogP contribution in [0.1, 0.15) is 32.1 Å². The summed E-state index contributed by atoms with van der Waals surface area (Å²) in [7, 11) is 2.05. The molecule has 0 bridgehead atoms. The fraction of sp³-hybridized carbons (Fsp3) is 1.00. The Morgan fingerprint density at radius 2 is 1.93 bits per heavy atom. The molecule has 14 heavy (non-hydrogen) atoms. The zero-order chi connectivity index (χ0) is 10.4. The first-order chi connectivity index (χ1) is 6.77. The lowest BCUT2D eigenvalue weighted by Crippen LogP contribution is -2.38. The van der Waals surface area contributed by atoms with Gasteiger partial charge >= 0.3 is 0 Å². The van der Waals surface area contributed by atoms with Crippen molar-refractivity contribution in [3.63, 3.8) is 0 Å². The van der Waals surface area contributed by atoms with Gasteiger partial charge in [0.1, 0.15) is 0 Å². The molecule has 1 fully saturated rings. The summed E-state index contributed by atoms with van der Waals surface area (Å²) in [5.74, 6) is 0.813. The van der Waals surface area contributed by atoms with Gasteiger partial charge in [-0.25, -0.2) is 0 Å². The van der Waals surface area contributed by atoms with Gasteiger partial charge in [0.05, 0.1) is 6.61 Å². The minimum Gasteiger partial charge on any atom is -0.396 e. The molecule has 3 heteroatoms. The molecular formula is C11H23NO2. The molecule has 0 aromatic rings. The van der Waals surface area contributed by atoms with Crippen molar-refractivity contribution in [2.45, 2.75) is 38.1 Å². The van der Waals surface area contributed by atoms with E-state index in [0.717, 1.165) is 12.5 Å². The first-order valence-corrected chi connectivity index (χ1v) is 5.70. The summed E-state index contributed by atoms with van der Waals surface area (Å²) in [5.41, 5.74) is 0. The molecule has 2 N–H and O–H groups in total. The maximum Gasteiger partial charge on any atom is 0.0587 e. The van der Waals surface area contributed by atoms with E-state index in [4.69, 9.17) is 10.2 Å². The van der Waals surface area contributed by atoms with Crippen molar-refractivity contribution < 1.29 is 10.2 Å². The molecule has 0 radical (unpaired) electrons. The molecule has 1 saturated carbocycles. The predicted molar refractivity (Wildman–Crippen MR) is 57.2 cm³/mol. The van der Waals surface area contributed by atoms with Crippen molar-refractivity contribution in [1.82, 2.24) is 4.90 Å². The first kappa shape index (κ1) is 12.0. The molecule has 0 aromatic carbocycles. The quantitative estimate of drug-likeness (QED) is 0.669. The molecule has 0 saturated heterocycles. The fourth-order valence-electron chi connectivity index (χ4n) is 2.35. The van der Waals surface area contributed by atoms with E-state index in [1.807, 2.05) is 0 Å². The van der Waals surface area contributed by atoms with Gasteiger partial charge in [-0.2, -0.15) is 0 Å². The largest absolute Gasteiger partial charge is 0.396 e. The summed E-state index contributed by atoms with van der Waals surface area (Å²) in [6.45, 7) is 1.40. The maximum absolute atomic E-state index is 9.15. The summed E-state index contributed by atoms with van der Waals surface area (Å²) < 4.78 is 0. The van der Waals surface area contributed by atoms with Gasteiger partial charge in [0.2, 0.25) is 0 Å². The topological polar surface area (TPSA) is 43.7 Å². The Morgan fingerprint density at radius 1 is 1.29 bits per heavy atom. The number of aliphatic hydroxyl groups is 2. The van der Waals surface area contributed by atoms with E-state index >= 15 is 0 Å². The minimum absolute atomic E-state index is 0.139. The van der Waals surface area contributed by atoms with Crippen molar-refractivity contribution in [2.75, 3.05) is 26.8 Å². The van der Waals surface area contributed by atoms with Gasteiger partial charge in [-0.05, 0) is 32.2 Å². The molecule has 0 amide bonds. The highest BCUT2D eigenvalue weighted by Gasteiger charge is 2.20. The molecule has 0 aliphatic heterocycles. The van der Waals surface area contributed by atoms with Gasteiger partial charge in [0, 0.05) is 19.2 Å². The van der Waals surface area contributed by atoms with Crippen LogP contribution in [0, 0.1) is 5.92 Å². The highest BCUT2D eigenvalue weighted by Crippen LogP contribution is 2.25. The van der Waals surface area contributed by atoms with E-state index in [9.17, 15) is 0 Å². The van der Waals surface area contributed by atoms with Gasteiger partial charge < -0.3 is 15.1 Å². The first-order valence-electron chi connectivity index (χ1n) is 5.70. The molecule has 1 aliphatic carbocycles. The number of likely N-dealkylation sites (N-methyl/N-ethyl adjacent to an activating group) is 1. The average molecular weight is 201 g/mol. The van der Waals surface area contributed by atoms with Crippen LogP contribution in [-0.4, -0.2) is 48.0 Å². The van der Waals surface area contributed by atoms with Crippen molar-refractivity contribution in [1.29, 1.82) is 0 Å². The summed E-state index contributed by atoms with van der Waals surface area (Å²) >= 11 is 0. The Hall–Kier alpha value is -0.120. The van der Waals surface area contributed by atoms with E-state index in [0.29, 0.717) is 6.42 Å². The van der Waals surface area contributed by atoms with E-state index in [1.165, 1.54) is 25.7 Å². The van der Waals surface area contributed by atoms with Gasteiger partial charge in [0.15, 0.2) is 0 Å². The Bertz CT molecular complexity index is 146. The number of hydrogen-bond donors (Lipinski definition) is 2. The molecule has 3 nitrogen and oxygen atoms in total. The highest BCUT2D eigenvalue weighted by atomic mass is 16.3. The van der Waals surface area contributed by atoms with Crippen molar-refractivity contribution in [3.05, 3.63) is 0 Å². The number of rotatable bonds is 6. The molecule has 1 atom stereocenters. The van der Waals surface area contributed by atoms with E-state index < -0.39 is 0 Å². The Balaban J connectivity index is 2.26. The van der Waals surface area contributed by atoms with E-state index in [2.05, 4.69) is 11.9 Å². The summed E-state index contributed by atoms with van der Waals surface area (Å²) in [6.07, 6.45) is 6.08. The zero-order valence-electron chi connectivity index (χ0n) is 9.15. The van der Waals surface area contributed by atoms with Crippen molar-refractivity contribution in [3.8, 4) is 0 Å². The zero-order valence-corrected chi connectivity index (χ0v) is 9.15. The molecule has 84 valence electrons. The lowest BCUT2D eigenvalue weighted by atomic mass is 10.1. The summed E-state index contributed by atoms with van der Waals surface area (Å²) in [4.78, 5) is 2.20. The second-order valence-corrected chi connectivity index (χ2v) is 4.44. The monoisotopic (exact) mass is 201 g/mol. The van der Waals surface area contributed by atoms with E-state index in [-0.39, 0.29) is 19.3 Å². The molecule has 0 spiro atoms. The van der Waals surface area contributed by atoms with Crippen LogP contribution in [0.25, 0.3) is 0 Å². The Kier molecular flexibility index (Phi) is 5.45. The molecule has 1 aliphatic rings. The second kappa shape index (κ2) is 6.38. The highest BCUT2D eigenvalue weighted by molar-refractivity contribution is 4.74. The van der Waals surface area contributed by atoms with Crippen LogP contribution in [0.4, 0.5) is 0 Å². The fourth-order valence-corrected chi connectivity index (χ4v) is 2.35. The molecule has 0 aromatic heterocycles. The van der Waals surface area contributed by atoms with E-state index in [1.54, 1.807) is 0 Å². The van der Waals surface area contributed by atoms with Gasteiger partial charge in [0.25, 0.3) is 0 Å². The smallest absolute Gasteiger partial charge is 0.0587 e. The number of aliphatic hydroxyl groups excluding tert-OH is 2. The Morgan fingerprint density at radius 3 is 2.43 bits per heavy atom. The Labute approximate surface area is 86.7 Å². The van der Waals surface area contributed by atoms with Crippen molar-refractivity contribution >= 4 is 0 Å². The maximum atomic E-state index is 9.15. The summed E-state index contributed by atoms with van der Waals surface area (Å²) in [5, 5.41) is 18.0. The lowest BCUT2D eigenvalue weighted by molar-refractivity contribution is 0.107. The van der Waals surface area contributed by atoms with Gasteiger partial charge in [-0.3, -0.25) is 0 Å². The number of hydrogen-bond acceptors (Lipinski definition) is 3. The van der Waals surface area contributed by atoms with Crippen LogP contribution in [0.15, 0.2) is 0 Å². The minimum atomic E-state index is 0.139. The standard InChI is InChI=1S/C11H23NO2/c1-12(11(9-14)6-7-13)8-10-4-2-3-5-10/h10-11,13-14H,2-9H2,1H3. The molecule has 1 rings (SSSR count). The third-order valence-electron chi connectivity index (χ3n) is 3.32. The van der Waals surface area contributed by atoms with Gasteiger partial charge in [-0.15, -0.1) is 0 Å². The van der Waals surface area contributed by atoms with Crippen LogP contribution in [0.3, 0.4) is 0 Å². The number of nitrogens with zero attached hydrogens (tertiary/aromatic N) is 1. The lowest BCUT2D eigenvalue weighted by Gasteiger charge is -2.28. The van der Waals surface area contributed by atoms with Gasteiger partial charge in [-0.1, -0.05) is 12.8 Å². The molecular weight excluding hydrogens is 178 g/mol. The second-order valence-electron chi connectivity index (χ2n) is 4.44. The van der Waals surface area contributed by atoms with Crippen LogP contribution in [-0.2, 0) is 0 Å². The normalized spacial score (nSPS) is 20.6. The SMILES string of the molecule is CN(CC1CCCC1)C(CO)CCO. The van der Waals surface area contributed by atoms with Crippen LogP contribution in [0.5, 0.6) is 0 Å². The van der Waals surface area contributed by atoms with Crippen molar-refractivity contribution in [2.24, 2.45) is 5.92 Å². The third kappa shape index (κ3) is 3.56. The molecule has 0 heterocycles. The van der Waals surface area contributed by atoms with Crippen LogP contribution >= 0.6 is 0 Å².